The average molecular weight is 628 g/mol. The van der Waals surface area contributed by atoms with Crippen LogP contribution in [0.15, 0.2) is 70.1 Å². The Kier molecular flexibility index (Phi) is 9.60. The number of thioether (sulfide) groups is 1. The third-order valence-corrected chi connectivity index (χ3v) is 8.13. The highest BCUT2D eigenvalue weighted by atomic mass is 79.9. The summed E-state index contributed by atoms with van der Waals surface area (Å²) in [5.41, 5.74) is 4.11. The van der Waals surface area contributed by atoms with Crippen molar-refractivity contribution < 1.29 is 19.1 Å². The van der Waals surface area contributed by atoms with Crippen molar-refractivity contribution in [3.05, 3.63) is 87.5 Å². The molecule has 1 amide bonds. The number of benzene rings is 2. The SMILES string of the molecule is C=CCn1c(COc2ccc(Br)cc2)nnc1SCC(=O)Nc1scc(-c2cc(C)ccc2C)c1C(=O)OC. The van der Waals surface area contributed by atoms with E-state index in [1.54, 1.807) is 6.08 Å². The van der Waals surface area contributed by atoms with Crippen molar-refractivity contribution in [1.29, 1.82) is 0 Å². The Morgan fingerprint density at radius 2 is 1.92 bits per heavy atom. The smallest absolute Gasteiger partial charge is 0.341 e. The molecular formula is C28H27BrN4O4S2. The van der Waals surface area contributed by atoms with Crippen LogP contribution in [0.4, 0.5) is 5.00 Å². The second-order valence-electron chi connectivity index (χ2n) is 8.54. The number of halogens is 1. The molecule has 1 N–H and O–H groups in total. The Balaban J connectivity index is 1.47. The number of nitrogens with one attached hydrogen (secondary N) is 1. The zero-order valence-electron chi connectivity index (χ0n) is 21.7. The molecule has 0 atom stereocenters. The number of ether oxygens (including phenoxy) is 2. The van der Waals surface area contributed by atoms with Crippen LogP contribution < -0.4 is 10.1 Å². The van der Waals surface area contributed by atoms with E-state index in [4.69, 9.17) is 9.47 Å². The van der Waals surface area contributed by atoms with Gasteiger partial charge in [0.2, 0.25) is 5.91 Å². The average Bonchev–Trinajstić information content (AvgIpc) is 3.52. The van der Waals surface area contributed by atoms with Gasteiger partial charge in [-0.15, -0.1) is 28.1 Å². The maximum atomic E-state index is 12.9. The maximum absolute atomic E-state index is 12.9. The van der Waals surface area contributed by atoms with Gasteiger partial charge in [-0.05, 0) is 49.2 Å². The number of hydrogen-bond donors (Lipinski definition) is 1. The highest BCUT2D eigenvalue weighted by Crippen LogP contribution is 2.38. The van der Waals surface area contributed by atoms with Crippen molar-refractivity contribution in [1.82, 2.24) is 14.8 Å². The van der Waals surface area contributed by atoms with Gasteiger partial charge in [0.1, 0.15) is 22.9 Å². The first kappa shape index (κ1) is 28.6. The topological polar surface area (TPSA) is 95.3 Å². The van der Waals surface area contributed by atoms with Crippen LogP contribution in [-0.2, 0) is 22.7 Å². The number of hydrogen-bond acceptors (Lipinski definition) is 8. The number of esters is 1. The van der Waals surface area contributed by atoms with E-state index < -0.39 is 5.97 Å². The monoisotopic (exact) mass is 626 g/mol. The fourth-order valence-corrected chi connectivity index (χ4v) is 5.79. The third-order valence-electron chi connectivity index (χ3n) is 5.74. The minimum Gasteiger partial charge on any atom is -0.486 e. The van der Waals surface area contributed by atoms with Crippen LogP contribution in [0.25, 0.3) is 11.1 Å². The summed E-state index contributed by atoms with van der Waals surface area (Å²) < 4.78 is 13.7. The molecule has 8 nitrogen and oxygen atoms in total. The van der Waals surface area contributed by atoms with Gasteiger partial charge in [-0.25, -0.2) is 4.79 Å². The number of aryl methyl sites for hydroxylation is 2. The zero-order chi connectivity index (χ0) is 27.9. The van der Waals surface area contributed by atoms with Gasteiger partial charge in [-0.1, -0.05) is 57.5 Å². The van der Waals surface area contributed by atoms with Gasteiger partial charge in [0.25, 0.3) is 0 Å². The fourth-order valence-electron chi connectivity index (χ4n) is 3.80. The third kappa shape index (κ3) is 6.97. The zero-order valence-corrected chi connectivity index (χ0v) is 24.9. The number of carbonyl (C=O) groups excluding carboxylic acids is 2. The summed E-state index contributed by atoms with van der Waals surface area (Å²) >= 11 is 5.94. The van der Waals surface area contributed by atoms with E-state index in [2.05, 4.69) is 38.0 Å². The number of nitrogens with zero attached hydrogens (tertiary/aromatic N) is 3. The highest BCUT2D eigenvalue weighted by molar-refractivity contribution is 9.10. The number of aromatic nitrogens is 3. The molecule has 0 radical (unpaired) electrons. The minimum absolute atomic E-state index is 0.0696. The number of allylic oxidation sites excluding steroid dienone is 1. The largest absolute Gasteiger partial charge is 0.486 e. The van der Waals surface area contributed by atoms with Crippen molar-refractivity contribution in [2.75, 3.05) is 18.2 Å². The Morgan fingerprint density at radius 1 is 1.15 bits per heavy atom. The Morgan fingerprint density at radius 3 is 2.64 bits per heavy atom. The van der Waals surface area contributed by atoms with Gasteiger partial charge in [-0.3, -0.25) is 9.36 Å². The van der Waals surface area contributed by atoms with Crippen molar-refractivity contribution in [3.63, 3.8) is 0 Å². The number of amides is 1. The molecule has 202 valence electrons. The molecule has 11 heteroatoms. The van der Waals surface area contributed by atoms with Crippen LogP contribution in [-0.4, -0.2) is 39.5 Å². The summed E-state index contributed by atoms with van der Waals surface area (Å²) in [7, 11) is 1.33. The predicted molar refractivity (Wildman–Crippen MR) is 159 cm³/mol. The molecule has 4 rings (SSSR count). The molecule has 4 aromatic rings. The van der Waals surface area contributed by atoms with Gasteiger partial charge in [0, 0.05) is 22.0 Å². The molecule has 0 saturated heterocycles. The van der Waals surface area contributed by atoms with Crippen molar-refractivity contribution in [2.24, 2.45) is 0 Å². The van der Waals surface area contributed by atoms with E-state index in [0.717, 1.165) is 26.7 Å². The summed E-state index contributed by atoms with van der Waals surface area (Å²) in [5, 5.41) is 14.3. The summed E-state index contributed by atoms with van der Waals surface area (Å²) in [6.45, 7) is 8.48. The number of carbonyl (C=O) groups is 2. The van der Waals surface area contributed by atoms with E-state index in [9.17, 15) is 9.59 Å². The summed E-state index contributed by atoms with van der Waals surface area (Å²) in [6.07, 6.45) is 1.74. The van der Waals surface area contributed by atoms with Gasteiger partial charge in [-0.2, -0.15) is 0 Å². The Bertz CT molecular complexity index is 1500. The van der Waals surface area contributed by atoms with Crippen LogP contribution in [0.1, 0.15) is 27.3 Å². The number of rotatable bonds is 11. The molecular weight excluding hydrogens is 600 g/mol. The normalized spacial score (nSPS) is 10.8. The standard InChI is InChI=1S/C28H27BrN4O4S2/c1-5-12-33-23(14-37-20-10-8-19(29)9-11-20)31-32-28(33)39-16-24(34)30-26-25(27(35)36-4)22(15-38-26)21-13-17(2)6-7-18(21)3/h5-11,13,15H,1,12,14,16H2,2-4H3,(H,30,34). The van der Waals surface area contributed by atoms with E-state index >= 15 is 0 Å². The van der Waals surface area contributed by atoms with Gasteiger partial charge in [0.15, 0.2) is 11.0 Å². The minimum atomic E-state index is -0.503. The fraction of sp³-hybridized carbons (Fsp3) is 0.214. The molecule has 2 aromatic heterocycles. The van der Waals surface area contributed by atoms with Gasteiger partial charge in [0.05, 0.1) is 12.9 Å². The van der Waals surface area contributed by atoms with E-state index in [0.29, 0.717) is 33.8 Å². The lowest BCUT2D eigenvalue weighted by molar-refractivity contribution is -0.113. The van der Waals surface area contributed by atoms with Gasteiger partial charge < -0.3 is 14.8 Å². The Hall–Kier alpha value is -3.41. The van der Waals surface area contributed by atoms with E-state index in [-0.39, 0.29) is 18.3 Å². The van der Waals surface area contributed by atoms with Crippen molar-refractivity contribution in [3.8, 4) is 16.9 Å². The molecule has 0 fully saturated rings. The number of anilines is 1. The Labute approximate surface area is 243 Å². The molecule has 0 bridgehead atoms. The van der Waals surface area contributed by atoms with Crippen LogP contribution >= 0.6 is 39.0 Å². The van der Waals surface area contributed by atoms with Crippen LogP contribution in [0.2, 0.25) is 0 Å². The second-order valence-corrected chi connectivity index (χ2v) is 11.3. The molecule has 0 spiro atoms. The van der Waals surface area contributed by atoms with Gasteiger partial charge >= 0.3 is 5.97 Å². The first-order chi connectivity index (χ1) is 18.8. The molecule has 0 aliphatic rings. The van der Waals surface area contributed by atoms with Crippen LogP contribution in [0, 0.1) is 13.8 Å². The molecule has 0 saturated carbocycles. The van der Waals surface area contributed by atoms with Crippen molar-refractivity contribution in [2.45, 2.75) is 32.2 Å². The summed E-state index contributed by atoms with van der Waals surface area (Å²) in [6, 6.07) is 13.6. The number of thiophene rings is 1. The molecule has 2 heterocycles. The second kappa shape index (κ2) is 13.1. The lowest BCUT2D eigenvalue weighted by atomic mass is 9.97. The summed E-state index contributed by atoms with van der Waals surface area (Å²) in [5.74, 6) is 0.611. The number of methoxy groups -OCH3 is 1. The van der Waals surface area contributed by atoms with Crippen LogP contribution in [0.3, 0.4) is 0 Å². The predicted octanol–water partition coefficient (Wildman–Crippen LogP) is 6.67. The first-order valence-electron chi connectivity index (χ1n) is 11.9. The molecule has 0 aliphatic carbocycles. The van der Waals surface area contributed by atoms with E-state index in [1.165, 1.54) is 30.2 Å². The molecule has 0 aliphatic heterocycles. The van der Waals surface area contributed by atoms with E-state index in [1.807, 2.05) is 66.3 Å². The lowest BCUT2D eigenvalue weighted by Crippen LogP contribution is -2.16. The molecule has 39 heavy (non-hydrogen) atoms. The summed E-state index contributed by atoms with van der Waals surface area (Å²) in [4.78, 5) is 25.7. The lowest BCUT2D eigenvalue weighted by Gasteiger charge is -2.11. The quantitative estimate of drug-likeness (QED) is 0.113. The van der Waals surface area contributed by atoms with Crippen LogP contribution in [0.5, 0.6) is 5.75 Å². The molecule has 0 unspecified atom stereocenters. The van der Waals surface area contributed by atoms with Crippen molar-refractivity contribution >= 4 is 55.9 Å². The first-order valence-corrected chi connectivity index (χ1v) is 14.6. The highest BCUT2D eigenvalue weighted by Gasteiger charge is 2.24. The maximum Gasteiger partial charge on any atom is 0.341 e. The molecule has 2 aromatic carbocycles.